The zero-order valence-corrected chi connectivity index (χ0v) is 13.4. The van der Waals surface area contributed by atoms with E-state index in [0.717, 1.165) is 31.6 Å². The molecule has 5 nitrogen and oxygen atoms in total. The van der Waals surface area contributed by atoms with E-state index in [1.807, 2.05) is 12.1 Å². The molecule has 1 fully saturated rings. The topological polar surface area (TPSA) is 62.0 Å². The molecule has 0 aromatic carbocycles. The Kier molecular flexibility index (Phi) is 4.94. The van der Waals surface area contributed by atoms with Crippen LogP contribution >= 0.6 is 11.6 Å². The lowest BCUT2D eigenvalue weighted by Crippen LogP contribution is -2.36. The molecule has 0 bridgehead atoms. The maximum absolute atomic E-state index is 9.16. The lowest BCUT2D eigenvalue weighted by atomic mass is 9.97. The number of rotatable bonds is 4. The van der Waals surface area contributed by atoms with Gasteiger partial charge in [0.05, 0.1) is 12.3 Å². The van der Waals surface area contributed by atoms with Crippen molar-refractivity contribution in [3.05, 3.63) is 47.5 Å². The van der Waals surface area contributed by atoms with Crippen molar-refractivity contribution in [2.24, 2.45) is 5.92 Å². The van der Waals surface area contributed by atoms with Crippen LogP contribution in [0.4, 0.5) is 5.69 Å². The highest BCUT2D eigenvalue weighted by Crippen LogP contribution is 2.27. The zero-order valence-electron chi connectivity index (χ0n) is 12.7. The number of aromatic nitrogens is 2. The molecule has 0 spiro atoms. The first-order valence-corrected chi connectivity index (χ1v) is 7.98. The first-order valence-electron chi connectivity index (χ1n) is 7.60. The first-order chi connectivity index (χ1) is 11.3. The third kappa shape index (κ3) is 3.72. The average molecular weight is 329 g/mol. The Balaban J connectivity index is 1.55. The summed E-state index contributed by atoms with van der Waals surface area (Å²) in [5.74, 6) is 1.17. The molecule has 1 saturated heterocycles. The number of halogens is 1. The van der Waals surface area contributed by atoms with Crippen molar-refractivity contribution in [2.75, 3.05) is 24.6 Å². The van der Waals surface area contributed by atoms with E-state index in [4.69, 9.17) is 21.6 Å². The molecule has 0 amide bonds. The molecule has 23 heavy (non-hydrogen) atoms. The molecule has 0 aliphatic carbocycles. The summed E-state index contributed by atoms with van der Waals surface area (Å²) < 4.78 is 5.81. The van der Waals surface area contributed by atoms with E-state index >= 15 is 0 Å². The summed E-state index contributed by atoms with van der Waals surface area (Å²) in [6.45, 7) is 2.45. The summed E-state index contributed by atoms with van der Waals surface area (Å²) in [4.78, 5) is 10.3. The number of hydrogen-bond acceptors (Lipinski definition) is 5. The molecule has 3 rings (SSSR count). The van der Waals surface area contributed by atoms with Gasteiger partial charge in [-0.25, -0.2) is 4.98 Å². The first kappa shape index (κ1) is 15.6. The fourth-order valence-corrected chi connectivity index (χ4v) is 2.94. The summed E-state index contributed by atoms with van der Waals surface area (Å²) in [7, 11) is 0. The van der Waals surface area contributed by atoms with Gasteiger partial charge >= 0.3 is 0 Å². The van der Waals surface area contributed by atoms with Crippen LogP contribution in [0.3, 0.4) is 0 Å². The van der Waals surface area contributed by atoms with Crippen LogP contribution in [0.1, 0.15) is 18.5 Å². The second kappa shape index (κ2) is 7.30. The van der Waals surface area contributed by atoms with E-state index in [0.29, 0.717) is 29.0 Å². The van der Waals surface area contributed by atoms with Crippen LogP contribution in [-0.2, 0) is 0 Å². The van der Waals surface area contributed by atoms with Gasteiger partial charge in [0.1, 0.15) is 16.8 Å². The molecule has 0 radical (unpaired) electrons. The summed E-state index contributed by atoms with van der Waals surface area (Å²) in [6, 6.07) is 7.77. The molecule has 3 heterocycles. The predicted molar refractivity (Wildman–Crippen MR) is 88.6 cm³/mol. The van der Waals surface area contributed by atoms with Crippen molar-refractivity contribution in [2.45, 2.75) is 12.8 Å². The minimum atomic E-state index is 0.484. The number of piperidine rings is 1. The van der Waals surface area contributed by atoms with Crippen LogP contribution in [0.2, 0.25) is 5.02 Å². The largest absolute Gasteiger partial charge is 0.492 e. The Morgan fingerprint density at radius 1 is 1.30 bits per heavy atom. The maximum atomic E-state index is 9.16. The van der Waals surface area contributed by atoms with Crippen molar-refractivity contribution in [1.82, 2.24) is 9.97 Å². The second-order valence-electron chi connectivity index (χ2n) is 5.53. The molecule has 0 atom stereocenters. The van der Waals surface area contributed by atoms with Gasteiger partial charge in [-0.3, -0.25) is 4.98 Å². The molecular weight excluding hydrogens is 312 g/mol. The van der Waals surface area contributed by atoms with Crippen molar-refractivity contribution in [1.29, 1.82) is 5.26 Å². The fraction of sp³-hybridized carbons (Fsp3) is 0.353. The number of nitrogens with zero attached hydrogens (tertiary/aromatic N) is 4. The summed E-state index contributed by atoms with van der Waals surface area (Å²) in [6.07, 6.45) is 6.95. The SMILES string of the molecule is N#Cc1ncccc1N1CCC(COc2ccncc2Cl)CC1. The Labute approximate surface area is 140 Å². The second-order valence-corrected chi connectivity index (χ2v) is 5.94. The zero-order chi connectivity index (χ0) is 16.1. The normalized spacial score (nSPS) is 15.2. The van der Waals surface area contributed by atoms with E-state index in [2.05, 4.69) is 20.9 Å². The van der Waals surface area contributed by atoms with Gasteiger partial charge in [0, 0.05) is 37.7 Å². The monoisotopic (exact) mass is 328 g/mol. The van der Waals surface area contributed by atoms with Crippen molar-refractivity contribution >= 4 is 17.3 Å². The minimum Gasteiger partial charge on any atom is -0.492 e. The maximum Gasteiger partial charge on any atom is 0.163 e. The number of hydrogen-bond donors (Lipinski definition) is 0. The molecule has 1 aliphatic heterocycles. The lowest BCUT2D eigenvalue weighted by molar-refractivity contribution is 0.223. The van der Waals surface area contributed by atoms with Crippen LogP contribution in [0, 0.1) is 17.2 Å². The van der Waals surface area contributed by atoms with Crippen molar-refractivity contribution in [3.8, 4) is 11.8 Å². The summed E-state index contributed by atoms with van der Waals surface area (Å²) in [5.41, 5.74) is 1.41. The van der Waals surface area contributed by atoms with Gasteiger partial charge < -0.3 is 9.64 Å². The third-order valence-electron chi connectivity index (χ3n) is 4.06. The molecule has 2 aromatic rings. The highest BCUT2D eigenvalue weighted by molar-refractivity contribution is 6.31. The van der Waals surface area contributed by atoms with E-state index in [1.165, 1.54) is 0 Å². The Hall–Kier alpha value is -2.32. The average Bonchev–Trinajstić information content (AvgIpc) is 2.61. The van der Waals surface area contributed by atoms with Gasteiger partial charge in [0.2, 0.25) is 0 Å². The summed E-state index contributed by atoms with van der Waals surface area (Å²) in [5, 5.41) is 9.70. The standard InChI is InChI=1S/C17H17ClN4O/c18-14-11-20-7-3-17(14)23-12-13-4-8-22(9-5-13)16-2-1-6-21-15(16)10-19/h1-3,6-7,11,13H,4-5,8-9,12H2. The van der Waals surface area contributed by atoms with Gasteiger partial charge in [-0.15, -0.1) is 0 Å². The Morgan fingerprint density at radius 3 is 2.87 bits per heavy atom. The number of pyridine rings is 2. The van der Waals surface area contributed by atoms with Crippen LogP contribution in [0.15, 0.2) is 36.8 Å². The molecule has 1 aliphatic rings. The van der Waals surface area contributed by atoms with Crippen molar-refractivity contribution in [3.63, 3.8) is 0 Å². The van der Waals surface area contributed by atoms with Gasteiger partial charge in [-0.1, -0.05) is 11.6 Å². The Morgan fingerprint density at radius 2 is 2.13 bits per heavy atom. The highest BCUT2D eigenvalue weighted by atomic mass is 35.5. The van der Waals surface area contributed by atoms with Gasteiger partial charge in [-0.05, 0) is 30.9 Å². The van der Waals surface area contributed by atoms with Crippen LogP contribution in [0.5, 0.6) is 5.75 Å². The molecule has 2 aromatic heterocycles. The highest BCUT2D eigenvalue weighted by Gasteiger charge is 2.22. The molecule has 0 N–H and O–H groups in total. The van der Waals surface area contributed by atoms with Crippen molar-refractivity contribution < 1.29 is 4.74 Å². The molecule has 6 heteroatoms. The van der Waals surface area contributed by atoms with Gasteiger partial charge in [0.15, 0.2) is 5.69 Å². The van der Waals surface area contributed by atoms with Crippen LogP contribution in [-0.4, -0.2) is 29.7 Å². The lowest BCUT2D eigenvalue weighted by Gasteiger charge is -2.33. The smallest absolute Gasteiger partial charge is 0.163 e. The van der Waals surface area contributed by atoms with E-state index in [9.17, 15) is 0 Å². The third-order valence-corrected chi connectivity index (χ3v) is 4.34. The number of nitriles is 1. The van der Waals surface area contributed by atoms with E-state index < -0.39 is 0 Å². The molecular formula is C17H17ClN4O. The fourth-order valence-electron chi connectivity index (χ4n) is 2.77. The van der Waals surface area contributed by atoms with Gasteiger partial charge in [0.25, 0.3) is 0 Å². The summed E-state index contributed by atoms with van der Waals surface area (Å²) >= 11 is 6.05. The predicted octanol–water partition coefficient (Wildman–Crippen LogP) is 3.30. The van der Waals surface area contributed by atoms with E-state index in [-0.39, 0.29) is 0 Å². The molecule has 118 valence electrons. The van der Waals surface area contributed by atoms with E-state index in [1.54, 1.807) is 24.7 Å². The quantitative estimate of drug-likeness (QED) is 0.861. The number of anilines is 1. The van der Waals surface area contributed by atoms with Gasteiger partial charge in [-0.2, -0.15) is 5.26 Å². The molecule has 0 saturated carbocycles. The van der Waals surface area contributed by atoms with Crippen LogP contribution < -0.4 is 9.64 Å². The minimum absolute atomic E-state index is 0.484. The number of ether oxygens (including phenoxy) is 1. The molecule has 0 unspecified atom stereocenters. The van der Waals surface area contributed by atoms with Crippen LogP contribution in [0.25, 0.3) is 0 Å². The Bertz CT molecular complexity index is 708.